The van der Waals surface area contributed by atoms with E-state index in [2.05, 4.69) is 11.8 Å². The molecule has 5 nitrogen and oxygen atoms in total. The lowest BCUT2D eigenvalue weighted by atomic mass is 10.2. The zero-order valence-corrected chi connectivity index (χ0v) is 8.07. The summed E-state index contributed by atoms with van der Waals surface area (Å²) in [5, 5.41) is 10.3. The SMILES string of the molecule is NC(=O)CC#Cc1ccc([N+](=O)[O-])c(F)c1. The highest BCUT2D eigenvalue weighted by molar-refractivity contribution is 5.76. The molecular formula is C10H7FN2O3. The lowest BCUT2D eigenvalue weighted by molar-refractivity contribution is -0.387. The highest BCUT2D eigenvalue weighted by atomic mass is 19.1. The highest BCUT2D eigenvalue weighted by Gasteiger charge is 2.12. The smallest absolute Gasteiger partial charge is 0.304 e. The van der Waals surface area contributed by atoms with Gasteiger partial charge in [0, 0.05) is 11.6 Å². The van der Waals surface area contributed by atoms with Crippen LogP contribution in [0.25, 0.3) is 0 Å². The molecule has 0 saturated heterocycles. The maximum atomic E-state index is 13.1. The topological polar surface area (TPSA) is 86.2 Å². The van der Waals surface area contributed by atoms with Gasteiger partial charge in [0.05, 0.1) is 11.3 Å². The fourth-order valence-electron chi connectivity index (χ4n) is 0.966. The van der Waals surface area contributed by atoms with Crippen molar-refractivity contribution in [3.8, 4) is 11.8 Å². The van der Waals surface area contributed by atoms with Crippen LogP contribution in [0.2, 0.25) is 0 Å². The van der Waals surface area contributed by atoms with Crippen LogP contribution in [-0.4, -0.2) is 10.8 Å². The van der Waals surface area contributed by atoms with Crippen LogP contribution in [0.5, 0.6) is 0 Å². The molecule has 0 heterocycles. The Morgan fingerprint density at radius 3 is 2.75 bits per heavy atom. The first-order chi connectivity index (χ1) is 7.50. The minimum atomic E-state index is -0.962. The summed E-state index contributed by atoms with van der Waals surface area (Å²) in [5.74, 6) is 3.34. The van der Waals surface area contributed by atoms with Crippen molar-refractivity contribution in [1.82, 2.24) is 0 Å². The van der Waals surface area contributed by atoms with Gasteiger partial charge in [-0.05, 0) is 12.1 Å². The van der Waals surface area contributed by atoms with Crippen molar-refractivity contribution < 1.29 is 14.1 Å². The number of nitrogens with two attached hydrogens (primary N) is 1. The van der Waals surface area contributed by atoms with E-state index in [1.807, 2.05) is 0 Å². The fraction of sp³-hybridized carbons (Fsp3) is 0.100. The van der Waals surface area contributed by atoms with Crippen LogP contribution in [0.15, 0.2) is 18.2 Å². The Balaban J connectivity index is 2.92. The summed E-state index contributed by atoms with van der Waals surface area (Å²) in [6.07, 6.45) is -0.140. The summed E-state index contributed by atoms with van der Waals surface area (Å²) < 4.78 is 13.1. The van der Waals surface area contributed by atoms with Gasteiger partial charge >= 0.3 is 5.69 Å². The summed E-state index contributed by atoms with van der Waals surface area (Å²) in [7, 11) is 0. The molecule has 0 bridgehead atoms. The number of carbonyl (C=O) groups is 1. The van der Waals surface area contributed by atoms with Crippen LogP contribution in [0, 0.1) is 27.8 Å². The molecular weight excluding hydrogens is 215 g/mol. The van der Waals surface area contributed by atoms with Gasteiger partial charge in [0.25, 0.3) is 0 Å². The number of nitro benzene ring substituents is 1. The van der Waals surface area contributed by atoms with Crippen LogP contribution in [0.3, 0.4) is 0 Å². The van der Waals surface area contributed by atoms with Gasteiger partial charge in [0.1, 0.15) is 0 Å². The van der Waals surface area contributed by atoms with E-state index in [1.54, 1.807) is 0 Å². The number of rotatable bonds is 2. The van der Waals surface area contributed by atoms with E-state index in [0.29, 0.717) is 0 Å². The van der Waals surface area contributed by atoms with Crippen molar-refractivity contribution >= 4 is 11.6 Å². The number of hydrogen-bond donors (Lipinski definition) is 1. The van der Waals surface area contributed by atoms with Gasteiger partial charge in [-0.1, -0.05) is 11.8 Å². The van der Waals surface area contributed by atoms with Crippen LogP contribution in [0.1, 0.15) is 12.0 Å². The first kappa shape index (κ1) is 11.7. The van der Waals surface area contributed by atoms with Crippen LogP contribution < -0.4 is 5.73 Å². The monoisotopic (exact) mass is 222 g/mol. The first-order valence-corrected chi connectivity index (χ1v) is 4.22. The summed E-state index contributed by atoms with van der Waals surface area (Å²) in [6.45, 7) is 0. The molecule has 1 aromatic carbocycles. The van der Waals surface area contributed by atoms with Gasteiger partial charge in [-0.15, -0.1) is 0 Å². The quantitative estimate of drug-likeness (QED) is 0.459. The van der Waals surface area contributed by atoms with Gasteiger partial charge in [0.2, 0.25) is 11.7 Å². The van der Waals surface area contributed by atoms with Crippen molar-refractivity contribution in [2.45, 2.75) is 6.42 Å². The molecule has 82 valence electrons. The zero-order chi connectivity index (χ0) is 12.1. The molecule has 16 heavy (non-hydrogen) atoms. The predicted molar refractivity (Wildman–Crippen MR) is 53.7 cm³/mol. The average Bonchev–Trinajstić information content (AvgIpc) is 2.16. The second-order valence-corrected chi connectivity index (χ2v) is 2.87. The molecule has 6 heteroatoms. The highest BCUT2D eigenvalue weighted by Crippen LogP contribution is 2.17. The van der Waals surface area contributed by atoms with E-state index in [-0.39, 0.29) is 12.0 Å². The van der Waals surface area contributed by atoms with Gasteiger partial charge in [-0.2, -0.15) is 4.39 Å². The lowest BCUT2D eigenvalue weighted by Gasteiger charge is -1.94. The van der Waals surface area contributed by atoms with Gasteiger partial charge in [-0.25, -0.2) is 0 Å². The number of benzene rings is 1. The molecule has 0 aliphatic carbocycles. The summed E-state index contributed by atoms with van der Waals surface area (Å²) in [4.78, 5) is 19.8. The largest absolute Gasteiger partial charge is 0.369 e. The zero-order valence-electron chi connectivity index (χ0n) is 8.07. The Bertz CT molecular complexity index is 503. The number of hydrogen-bond acceptors (Lipinski definition) is 3. The molecule has 0 atom stereocenters. The molecule has 1 aromatic rings. The van der Waals surface area contributed by atoms with Crippen molar-refractivity contribution in [3.05, 3.63) is 39.7 Å². The normalized spacial score (nSPS) is 9.06. The Hall–Kier alpha value is -2.42. The Morgan fingerprint density at radius 1 is 1.56 bits per heavy atom. The Morgan fingerprint density at radius 2 is 2.25 bits per heavy atom. The lowest BCUT2D eigenvalue weighted by Crippen LogP contribution is -2.08. The summed E-state index contributed by atoms with van der Waals surface area (Å²) in [5.41, 5.74) is 4.49. The molecule has 1 amide bonds. The number of nitro groups is 1. The summed E-state index contributed by atoms with van der Waals surface area (Å²) >= 11 is 0. The number of nitrogens with zero attached hydrogens (tertiary/aromatic N) is 1. The van der Waals surface area contributed by atoms with Gasteiger partial charge in [-0.3, -0.25) is 14.9 Å². The van der Waals surface area contributed by atoms with E-state index >= 15 is 0 Å². The fourth-order valence-corrected chi connectivity index (χ4v) is 0.966. The summed E-state index contributed by atoms with van der Waals surface area (Å²) in [6, 6.07) is 3.25. The number of primary amides is 1. The van der Waals surface area contributed by atoms with E-state index < -0.39 is 22.3 Å². The van der Waals surface area contributed by atoms with Gasteiger partial charge < -0.3 is 5.73 Å². The molecule has 0 aliphatic rings. The third-order valence-corrected chi connectivity index (χ3v) is 1.64. The number of amides is 1. The minimum Gasteiger partial charge on any atom is -0.369 e. The predicted octanol–water partition coefficient (Wildman–Crippen LogP) is 0.961. The number of carbonyl (C=O) groups excluding carboxylic acids is 1. The molecule has 0 aliphatic heterocycles. The van der Waals surface area contributed by atoms with Crippen molar-refractivity contribution in [3.63, 3.8) is 0 Å². The first-order valence-electron chi connectivity index (χ1n) is 4.22. The molecule has 2 N–H and O–H groups in total. The minimum absolute atomic E-state index is 0.140. The maximum Gasteiger partial charge on any atom is 0.304 e. The van der Waals surface area contributed by atoms with E-state index in [1.165, 1.54) is 6.07 Å². The van der Waals surface area contributed by atoms with Crippen molar-refractivity contribution in [1.29, 1.82) is 0 Å². The second-order valence-electron chi connectivity index (χ2n) is 2.87. The Labute approximate surface area is 90.2 Å². The molecule has 1 rings (SSSR count). The van der Waals surface area contributed by atoms with E-state index in [9.17, 15) is 19.3 Å². The molecule has 0 unspecified atom stereocenters. The van der Waals surface area contributed by atoms with Crippen molar-refractivity contribution in [2.75, 3.05) is 0 Å². The molecule has 0 fully saturated rings. The van der Waals surface area contributed by atoms with Crippen LogP contribution in [0.4, 0.5) is 10.1 Å². The standard InChI is InChI=1S/C10H7FN2O3/c11-8-6-7(2-1-3-10(12)14)4-5-9(8)13(15)16/h4-6H,3H2,(H2,12,14). The molecule has 0 spiro atoms. The van der Waals surface area contributed by atoms with Gasteiger partial charge in [0.15, 0.2) is 0 Å². The van der Waals surface area contributed by atoms with Crippen molar-refractivity contribution in [2.24, 2.45) is 5.73 Å². The van der Waals surface area contributed by atoms with Crippen LogP contribution in [-0.2, 0) is 4.79 Å². The Kier molecular flexibility index (Phi) is 3.56. The van der Waals surface area contributed by atoms with Crippen LogP contribution >= 0.6 is 0 Å². The molecule has 0 radical (unpaired) electrons. The third kappa shape index (κ3) is 3.06. The second kappa shape index (κ2) is 4.89. The molecule has 0 aromatic heterocycles. The molecule has 0 saturated carbocycles. The van der Waals surface area contributed by atoms with E-state index in [4.69, 9.17) is 5.73 Å². The van der Waals surface area contributed by atoms with E-state index in [0.717, 1.165) is 12.1 Å². The average molecular weight is 222 g/mol. The number of halogens is 1. The maximum absolute atomic E-state index is 13.1. The third-order valence-electron chi connectivity index (χ3n) is 1.64.